The molecule has 3 heteroatoms. The molecular weight excluding hydrogens is 212 g/mol. The van der Waals surface area contributed by atoms with Crippen molar-refractivity contribution in [2.24, 2.45) is 17.1 Å². The molecule has 96 valence electrons. The lowest BCUT2D eigenvalue weighted by molar-refractivity contribution is -0.134. The lowest BCUT2D eigenvalue weighted by Crippen LogP contribution is -2.48. The van der Waals surface area contributed by atoms with Gasteiger partial charge in [0.25, 0.3) is 0 Å². The van der Waals surface area contributed by atoms with Crippen LogP contribution >= 0.6 is 0 Å². The van der Waals surface area contributed by atoms with Crippen molar-refractivity contribution in [1.29, 1.82) is 0 Å². The van der Waals surface area contributed by atoms with Gasteiger partial charge in [0.2, 0.25) is 5.91 Å². The van der Waals surface area contributed by atoms with Crippen molar-refractivity contribution in [2.75, 3.05) is 13.1 Å². The first kappa shape index (κ1) is 11.5. The maximum atomic E-state index is 12.0. The van der Waals surface area contributed by atoms with Gasteiger partial charge in [0.15, 0.2) is 0 Å². The Morgan fingerprint density at radius 2 is 1.88 bits per heavy atom. The van der Waals surface area contributed by atoms with Crippen molar-refractivity contribution < 1.29 is 4.79 Å². The molecule has 1 spiro atoms. The molecule has 3 fully saturated rings. The van der Waals surface area contributed by atoms with Crippen LogP contribution in [-0.2, 0) is 4.79 Å². The largest absolute Gasteiger partial charge is 0.343 e. The zero-order valence-corrected chi connectivity index (χ0v) is 10.7. The molecule has 0 bridgehead atoms. The fourth-order valence-corrected chi connectivity index (χ4v) is 3.69. The van der Waals surface area contributed by atoms with Crippen LogP contribution in [0.25, 0.3) is 0 Å². The van der Waals surface area contributed by atoms with E-state index in [9.17, 15) is 4.79 Å². The minimum absolute atomic E-state index is 0.385. The van der Waals surface area contributed by atoms with E-state index in [1.54, 1.807) is 0 Å². The highest BCUT2D eigenvalue weighted by Gasteiger charge is 2.43. The maximum Gasteiger partial charge on any atom is 0.222 e. The van der Waals surface area contributed by atoms with Crippen molar-refractivity contribution in [2.45, 2.75) is 57.4 Å². The van der Waals surface area contributed by atoms with E-state index in [1.165, 1.54) is 32.1 Å². The third kappa shape index (κ3) is 2.22. The Hall–Kier alpha value is -0.570. The SMILES string of the molecule is NC1CCCC12CCN(C(=O)CC1CC1)CC2. The van der Waals surface area contributed by atoms with Gasteiger partial charge in [-0.1, -0.05) is 6.42 Å². The van der Waals surface area contributed by atoms with Gasteiger partial charge in [-0.15, -0.1) is 0 Å². The number of nitrogens with two attached hydrogens (primary N) is 1. The van der Waals surface area contributed by atoms with Gasteiger partial charge in [-0.05, 0) is 49.9 Å². The Morgan fingerprint density at radius 3 is 2.41 bits per heavy atom. The third-order valence-electron chi connectivity index (χ3n) is 5.25. The monoisotopic (exact) mass is 236 g/mol. The topological polar surface area (TPSA) is 46.3 Å². The predicted octanol–water partition coefficient (Wildman–Crippen LogP) is 1.91. The summed E-state index contributed by atoms with van der Waals surface area (Å²) in [6.07, 6.45) is 9.41. The average molecular weight is 236 g/mol. The van der Waals surface area contributed by atoms with Crippen molar-refractivity contribution >= 4 is 5.91 Å². The van der Waals surface area contributed by atoms with Gasteiger partial charge in [0.1, 0.15) is 0 Å². The predicted molar refractivity (Wildman–Crippen MR) is 67.4 cm³/mol. The number of rotatable bonds is 2. The van der Waals surface area contributed by atoms with E-state index in [-0.39, 0.29) is 0 Å². The quantitative estimate of drug-likeness (QED) is 0.796. The number of piperidine rings is 1. The van der Waals surface area contributed by atoms with E-state index < -0.39 is 0 Å². The number of hydrogen-bond donors (Lipinski definition) is 1. The second kappa shape index (κ2) is 4.27. The van der Waals surface area contributed by atoms with Gasteiger partial charge in [-0.3, -0.25) is 4.79 Å². The van der Waals surface area contributed by atoms with Crippen LogP contribution in [-0.4, -0.2) is 29.9 Å². The summed E-state index contributed by atoms with van der Waals surface area (Å²) in [4.78, 5) is 14.1. The summed E-state index contributed by atoms with van der Waals surface area (Å²) in [5.41, 5.74) is 6.64. The zero-order chi connectivity index (χ0) is 11.9. The van der Waals surface area contributed by atoms with Crippen LogP contribution in [0, 0.1) is 11.3 Å². The summed E-state index contributed by atoms with van der Waals surface area (Å²) >= 11 is 0. The van der Waals surface area contributed by atoms with Gasteiger partial charge in [-0.25, -0.2) is 0 Å². The summed E-state index contributed by atoms with van der Waals surface area (Å²) in [6, 6.07) is 0.392. The van der Waals surface area contributed by atoms with E-state index in [1.807, 2.05) is 0 Å². The molecule has 17 heavy (non-hydrogen) atoms. The normalized spacial score (nSPS) is 32.1. The minimum Gasteiger partial charge on any atom is -0.343 e. The first-order valence-electron chi connectivity index (χ1n) is 7.23. The van der Waals surface area contributed by atoms with E-state index in [0.29, 0.717) is 23.3 Å². The number of likely N-dealkylation sites (tertiary alicyclic amines) is 1. The number of amides is 1. The highest BCUT2D eigenvalue weighted by atomic mass is 16.2. The molecule has 1 unspecified atom stereocenters. The molecule has 1 aliphatic heterocycles. The molecule has 3 nitrogen and oxygen atoms in total. The second-order valence-electron chi connectivity index (χ2n) is 6.39. The molecular formula is C14H24N2O. The van der Waals surface area contributed by atoms with Gasteiger partial charge in [0, 0.05) is 25.6 Å². The first-order chi connectivity index (χ1) is 8.20. The molecule has 3 aliphatic rings. The molecule has 2 saturated carbocycles. The van der Waals surface area contributed by atoms with Crippen molar-refractivity contribution in [3.63, 3.8) is 0 Å². The van der Waals surface area contributed by atoms with E-state index >= 15 is 0 Å². The van der Waals surface area contributed by atoms with Crippen molar-refractivity contribution in [1.82, 2.24) is 4.90 Å². The molecule has 1 atom stereocenters. The molecule has 0 aromatic heterocycles. The van der Waals surface area contributed by atoms with Crippen molar-refractivity contribution in [3.05, 3.63) is 0 Å². The smallest absolute Gasteiger partial charge is 0.222 e. The van der Waals surface area contributed by atoms with Crippen LogP contribution in [0.3, 0.4) is 0 Å². The molecule has 0 radical (unpaired) electrons. The van der Waals surface area contributed by atoms with E-state index in [4.69, 9.17) is 5.73 Å². The molecule has 3 rings (SSSR count). The number of carbonyl (C=O) groups excluding carboxylic acids is 1. The van der Waals surface area contributed by atoms with E-state index in [2.05, 4.69) is 4.90 Å². The minimum atomic E-state index is 0.385. The summed E-state index contributed by atoms with van der Waals surface area (Å²) in [6.45, 7) is 1.92. The van der Waals surface area contributed by atoms with Crippen LogP contribution in [0.1, 0.15) is 51.4 Å². The van der Waals surface area contributed by atoms with Gasteiger partial charge >= 0.3 is 0 Å². The van der Waals surface area contributed by atoms with Crippen LogP contribution < -0.4 is 5.73 Å². The fraction of sp³-hybridized carbons (Fsp3) is 0.929. The highest BCUT2D eigenvalue weighted by molar-refractivity contribution is 5.76. The summed E-state index contributed by atoms with van der Waals surface area (Å²) in [5, 5.41) is 0. The lowest BCUT2D eigenvalue weighted by Gasteiger charge is -2.42. The van der Waals surface area contributed by atoms with Crippen molar-refractivity contribution in [3.8, 4) is 0 Å². The van der Waals surface area contributed by atoms with Gasteiger partial charge in [-0.2, -0.15) is 0 Å². The Bertz CT molecular complexity index is 303. The van der Waals surface area contributed by atoms with Crippen LogP contribution in [0.5, 0.6) is 0 Å². The molecule has 1 amide bonds. The van der Waals surface area contributed by atoms with Gasteiger partial charge < -0.3 is 10.6 Å². The van der Waals surface area contributed by atoms with Gasteiger partial charge in [0.05, 0.1) is 0 Å². The Labute approximate surface area is 104 Å². The Morgan fingerprint density at radius 1 is 1.18 bits per heavy atom. The lowest BCUT2D eigenvalue weighted by atomic mass is 9.74. The summed E-state index contributed by atoms with van der Waals surface area (Å²) in [5.74, 6) is 1.11. The number of carbonyl (C=O) groups is 1. The molecule has 1 saturated heterocycles. The highest BCUT2D eigenvalue weighted by Crippen LogP contribution is 2.45. The molecule has 1 heterocycles. The Balaban J connectivity index is 1.54. The second-order valence-corrected chi connectivity index (χ2v) is 6.39. The fourth-order valence-electron chi connectivity index (χ4n) is 3.69. The van der Waals surface area contributed by atoms with Crippen LogP contribution in [0.15, 0.2) is 0 Å². The van der Waals surface area contributed by atoms with E-state index in [0.717, 1.165) is 32.4 Å². The molecule has 2 N–H and O–H groups in total. The standard InChI is InChI=1S/C14H24N2O/c15-12-2-1-5-14(12)6-8-16(9-7-14)13(17)10-11-3-4-11/h11-12H,1-10,15H2. The first-order valence-corrected chi connectivity index (χ1v) is 7.23. The maximum absolute atomic E-state index is 12.0. The number of nitrogens with zero attached hydrogens (tertiary/aromatic N) is 1. The molecule has 0 aromatic carbocycles. The molecule has 2 aliphatic carbocycles. The number of hydrogen-bond acceptors (Lipinski definition) is 2. The average Bonchev–Trinajstić information content (AvgIpc) is 3.07. The Kier molecular flexibility index (Phi) is 2.89. The van der Waals surface area contributed by atoms with Crippen LogP contribution in [0.4, 0.5) is 0 Å². The summed E-state index contributed by atoms with van der Waals surface area (Å²) < 4.78 is 0. The van der Waals surface area contributed by atoms with Crippen LogP contribution in [0.2, 0.25) is 0 Å². The third-order valence-corrected chi connectivity index (χ3v) is 5.25. The summed E-state index contributed by atoms with van der Waals surface area (Å²) in [7, 11) is 0. The molecule has 0 aromatic rings. The zero-order valence-electron chi connectivity index (χ0n) is 10.7.